The van der Waals surface area contributed by atoms with E-state index >= 15 is 4.39 Å². The number of rotatable bonds is 6. The van der Waals surface area contributed by atoms with Crippen LogP contribution in [0, 0.1) is 5.82 Å². The fourth-order valence-corrected chi connectivity index (χ4v) is 4.91. The first-order chi connectivity index (χ1) is 18.8. The lowest BCUT2D eigenvalue weighted by atomic mass is 9.93. The van der Waals surface area contributed by atoms with E-state index in [0.717, 1.165) is 12.0 Å². The van der Waals surface area contributed by atoms with E-state index in [0.29, 0.717) is 35.0 Å². The maximum Gasteiger partial charge on any atom is 0.330 e. The number of hydrogen-bond acceptors (Lipinski definition) is 6. The molecular formula is C30H30FN5O3. The first-order valence-corrected chi connectivity index (χ1v) is 12.9. The van der Waals surface area contributed by atoms with Crippen LogP contribution in [0.15, 0.2) is 60.7 Å². The van der Waals surface area contributed by atoms with Gasteiger partial charge < -0.3 is 14.5 Å². The van der Waals surface area contributed by atoms with Gasteiger partial charge in [-0.1, -0.05) is 30.3 Å². The molecule has 0 N–H and O–H groups in total. The molecule has 8 nitrogen and oxygen atoms in total. The van der Waals surface area contributed by atoms with Crippen LogP contribution in [0.5, 0.6) is 0 Å². The number of halogens is 1. The van der Waals surface area contributed by atoms with E-state index in [1.54, 1.807) is 35.7 Å². The summed E-state index contributed by atoms with van der Waals surface area (Å²) in [6.07, 6.45) is 3.55. The van der Waals surface area contributed by atoms with Crippen LogP contribution in [0.25, 0.3) is 23.0 Å². The third kappa shape index (κ3) is 5.12. The van der Waals surface area contributed by atoms with Crippen LogP contribution < -0.4 is 4.90 Å². The number of amides is 1. The van der Waals surface area contributed by atoms with E-state index in [1.807, 2.05) is 43.0 Å². The summed E-state index contributed by atoms with van der Waals surface area (Å²) in [5.41, 5.74) is 4.34. The Labute approximate surface area is 226 Å². The maximum absolute atomic E-state index is 15.1. The van der Waals surface area contributed by atoms with Crippen molar-refractivity contribution >= 4 is 29.4 Å². The van der Waals surface area contributed by atoms with Crippen molar-refractivity contribution in [1.82, 2.24) is 19.5 Å². The average Bonchev–Trinajstić information content (AvgIpc) is 3.35. The van der Waals surface area contributed by atoms with E-state index < -0.39 is 11.8 Å². The van der Waals surface area contributed by atoms with Gasteiger partial charge in [0, 0.05) is 44.4 Å². The standard InChI is InChI=1S/C30H30FN5O3/c1-5-39-29(37)13-11-20-10-12-23(24(31)16-20)25-17-27-32-26(18-28(34(3)4)36(27)33-25)30(38)35-15-14-21-8-6-7-9-22(21)19(35)2/h6-13,16-19H,5,14-15H2,1-4H3/b13-11+. The fourth-order valence-electron chi connectivity index (χ4n) is 4.91. The summed E-state index contributed by atoms with van der Waals surface area (Å²) in [6.45, 7) is 4.63. The molecule has 0 bridgehead atoms. The van der Waals surface area contributed by atoms with Crippen molar-refractivity contribution in [3.05, 3.63) is 88.9 Å². The number of benzene rings is 2. The molecule has 200 valence electrons. The van der Waals surface area contributed by atoms with Gasteiger partial charge in [0.2, 0.25) is 0 Å². The highest BCUT2D eigenvalue weighted by molar-refractivity contribution is 5.94. The minimum Gasteiger partial charge on any atom is -0.463 e. The first-order valence-electron chi connectivity index (χ1n) is 12.9. The summed E-state index contributed by atoms with van der Waals surface area (Å²) in [5.74, 6) is -0.491. The molecule has 9 heteroatoms. The Kier molecular flexibility index (Phi) is 7.15. The Morgan fingerprint density at radius 3 is 2.69 bits per heavy atom. The molecule has 0 saturated carbocycles. The van der Waals surface area contributed by atoms with Gasteiger partial charge in [-0.25, -0.2) is 14.2 Å². The van der Waals surface area contributed by atoms with Gasteiger partial charge in [0.25, 0.3) is 5.91 Å². The summed E-state index contributed by atoms with van der Waals surface area (Å²) < 4.78 is 21.6. The number of fused-ring (bicyclic) bond motifs is 2. The predicted molar refractivity (Wildman–Crippen MR) is 148 cm³/mol. The van der Waals surface area contributed by atoms with Gasteiger partial charge in [-0.2, -0.15) is 9.61 Å². The number of nitrogens with zero attached hydrogens (tertiary/aromatic N) is 5. The Hall–Kier alpha value is -4.53. The van der Waals surface area contributed by atoms with Gasteiger partial charge in [0.15, 0.2) is 5.65 Å². The highest BCUT2D eigenvalue weighted by Gasteiger charge is 2.29. The second-order valence-corrected chi connectivity index (χ2v) is 9.64. The Morgan fingerprint density at radius 2 is 1.95 bits per heavy atom. The molecule has 1 amide bonds. The summed E-state index contributed by atoms with van der Waals surface area (Å²) in [5, 5.41) is 4.61. The molecule has 1 aliphatic rings. The molecule has 0 spiro atoms. The third-order valence-electron chi connectivity index (χ3n) is 6.91. The van der Waals surface area contributed by atoms with Crippen molar-refractivity contribution in [3.8, 4) is 11.3 Å². The van der Waals surface area contributed by atoms with E-state index in [1.165, 1.54) is 23.8 Å². The quantitative estimate of drug-likeness (QED) is 0.261. The van der Waals surface area contributed by atoms with E-state index in [-0.39, 0.29) is 24.1 Å². The third-order valence-corrected chi connectivity index (χ3v) is 6.91. The van der Waals surface area contributed by atoms with Crippen molar-refractivity contribution < 1.29 is 18.7 Å². The predicted octanol–water partition coefficient (Wildman–Crippen LogP) is 4.94. The molecule has 39 heavy (non-hydrogen) atoms. The highest BCUT2D eigenvalue weighted by Crippen LogP contribution is 2.31. The molecule has 4 aromatic rings. The second kappa shape index (κ2) is 10.7. The maximum atomic E-state index is 15.1. The van der Waals surface area contributed by atoms with Gasteiger partial charge in [0.1, 0.15) is 17.3 Å². The number of aromatic nitrogens is 3. The largest absolute Gasteiger partial charge is 0.463 e. The van der Waals surface area contributed by atoms with Crippen LogP contribution in [-0.4, -0.2) is 58.6 Å². The zero-order chi connectivity index (χ0) is 27.7. The number of anilines is 1. The molecular weight excluding hydrogens is 497 g/mol. The Balaban J connectivity index is 1.48. The van der Waals surface area contributed by atoms with E-state index in [4.69, 9.17) is 4.74 Å². The summed E-state index contributed by atoms with van der Waals surface area (Å²) in [7, 11) is 3.71. The number of esters is 1. The number of carbonyl (C=O) groups excluding carboxylic acids is 2. The number of carbonyl (C=O) groups is 2. The molecule has 0 aliphatic carbocycles. The summed E-state index contributed by atoms with van der Waals surface area (Å²) >= 11 is 0. The zero-order valence-electron chi connectivity index (χ0n) is 22.4. The highest BCUT2D eigenvalue weighted by atomic mass is 19.1. The molecule has 1 unspecified atom stereocenters. The molecule has 0 fully saturated rings. The van der Waals surface area contributed by atoms with Crippen molar-refractivity contribution in [3.63, 3.8) is 0 Å². The van der Waals surface area contributed by atoms with E-state index in [9.17, 15) is 9.59 Å². The summed E-state index contributed by atoms with van der Waals surface area (Å²) in [4.78, 5) is 33.6. The molecule has 3 heterocycles. The average molecular weight is 528 g/mol. The van der Waals surface area contributed by atoms with Crippen molar-refractivity contribution in [2.24, 2.45) is 0 Å². The van der Waals surface area contributed by atoms with Crippen LogP contribution >= 0.6 is 0 Å². The smallest absolute Gasteiger partial charge is 0.330 e. The lowest BCUT2D eigenvalue weighted by molar-refractivity contribution is -0.137. The first kappa shape index (κ1) is 26.1. The van der Waals surface area contributed by atoms with Gasteiger partial charge in [-0.15, -0.1) is 0 Å². The van der Waals surface area contributed by atoms with Crippen LogP contribution in [0.4, 0.5) is 10.2 Å². The lowest BCUT2D eigenvalue weighted by Crippen LogP contribution is -2.39. The molecule has 0 radical (unpaired) electrons. The van der Waals surface area contributed by atoms with Crippen molar-refractivity contribution in [2.45, 2.75) is 26.3 Å². The normalized spacial score (nSPS) is 15.0. The van der Waals surface area contributed by atoms with Crippen molar-refractivity contribution in [2.75, 3.05) is 32.1 Å². The SMILES string of the molecule is CCOC(=O)/C=C/c1ccc(-c2cc3nc(C(=O)N4CCc5ccccc5C4C)cc(N(C)C)n3n2)c(F)c1. The van der Waals surface area contributed by atoms with Crippen LogP contribution in [0.2, 0.25) is 0 Å². The molecule has 2 aromatic heterocycles. The Bertz CT molecular complexity index is 1590. The summed E-state index contributed by atoms with van der Waals surface area (Å²) in [6, 6.07) is 16.1. The van der Waals surface area contributed by atoms with Gasteiger partial charge in [0.05, 0.1) is 18.3 Å². The molecule has 5 rings (SSSR count). The fraction of sp³-hybridized carbons (Fsp3) is 0.267. The topological polar surface area (TPSA) is 80.0 Å². The minimum absolute atomic E-state index is 0.0748. The number of hydrogen-bond donors (Lipinski definition) is 0. The van der Waals surface area contributed by atoms with Gasteiger partial charge >= 0.3 is 5.97 Å². The Morgan fingerprint density at radius 1 is 1.15 bits per heavy atom. The minimum atomic E-state index is -0.493. The zero-order valence-corrected chi connectivity index (χ0v) is 22.4. The monoisotopic (exact) mass is 527 g/mol. The van der Waals surface area contributed by atoms with Crippen LogP contribution in [0.1, 0.15) is 47.1 Å². The molecule has 0 saturated heterocycles. The molecule has 1 aliphatic heterocycles. The number of ether oxygens (including phenoxy) is 1. The van der Waals surface area contributed by atoms with Crippen molar-refractivity contribution in [1.29, 1.82) is 0 Å². The second-order valence-electron chi connectivity index (χ2n) is 9.64. The van der Waals surface area contributed by atoms with Gasteiger partial charge in [-0.3, -0.25) is 4.79 Å². The van der Waals surface area contributed by atoms with Crippen LogP contribution in [-0.2, 0) is 16.0 Å². The molecule has 2 aromatic carbocycles. The molecule has 1 atom stereocenters. The van der Waals surface area contributed by atoms with Crippen LogP contribution in [0.3, 0.4) is 0 Å². The van der Waals surface area contributed by atoms with E-state index in [2.05, 4.69) is 22.2 Å². The van der Waals surface area contributed by atoms with Gasteiger partial charge in [-0.05, 0) is 55.2 Å². The lowest BCUT2D eigenvalue weighted by Gasteiger charge is -2.35.